The van der Waals surface area contributed by atoms with Crippen molar-refractivity contribution in [2.45, 2.75) is 37.5 Å². The topological polar surface area (TPSA) is 29.9 Å². The number of imidazole rings is 1. The van der Waals surface area contributed by atoms with Gasteiger partial charge < -0.3 is 9.88 Å². The molecule has 1 radical (unpaired) electrons. The minimum absolute atomic E-state index is 0.0357. The molecule has 0 amide bonds. The molecule has 0 spiro atoms. The van der Waals surface area contributed by atoms with Gasteiger partial charge in [-0.05, 0) is 25.7 Å². The van der Waals surface area contributed by atoms with Gasteiger partial charge in [-0.2, -0.15) is 13.2 Å². The van der Waals surface area contributed by atoms with Crippen molar-refractivity contribution in [1.82, 2.24) is 14.9 Å². The lowest BCUT2D eigenvalue weighted by Gasteiger charge is -2.33. The lowest BCUT2D eigenvalue weighted by atomic mass is 9.90. The van der Waals surface area contributed by atoms with Crippen LogP contribution in [-0.4, -0.2) is 28.3 Å². The first kappa shape index (κ1) is 12.4. The summed E-state index contributed by atoms with van der Waals surface area (Å²) in [5, 5.41) is 2.61. The molecule has 0 saturated heterocycles. The van der Waals surface area contributed by atoms with Gasteiger partial charge in [-0.15, -0.1) is 0 Å². The minimum atomic E-state index is -4.15. The second kappa shape index (κ2) is 5.08. The third-order valence-electron chi connectivity index (χ3n) is 3.03. The zero-order chi connectivity index (χ0) is 12.3. The van der Waals surface area contributed by atoms with Crippen LogP contribution in [0.4, 0.5) is 13.2 Å². The normalized spacial score (nSPS) is 26.1. The Hall–Kier alpha value is -1.04. The van der Waals surface area contributed by atoms with Crippen molar-refractivity contribution in [2.75, 3.05) is 6.54 Å². The van der Waals surface area contributed by atoms with Gasteiger partial charge in [0.05, 0.1) is 18.9 Å². The highest BCUT2D eigenvalue weighted by Gasteiger charge is 2.32. The summed E-state index contributed by atoms with van der Waals surface area (Å²) < 4.78 is 38.5. The lowest BCUT2D eigenvalue weighted by molar-refractivity contribution is -0.127. The van der Waals surface area contributed by atoms with E-state index in [4.69, 9.17) is 0 Å². The summed E-state index contributed by atoms with van der Waals surface area (Å²) in [7, 11) is 0. The summed E-state index contributed by atoms with van der Waals surface area (Å²) in [4.78, 5) is 3.94. The van der Waals surface area contributed by atoms with Gasteiger partial charge in [0.2, 0.25) is 0 Å². The summed E-state index contributed by atoms with van der Waals surface area (Å²) in [5.41, 5.74) is 0. The van der Waals surface area contributed by atoms with Gasteiger partial charge in [0, 0.05) is 18.4 Å². The summed E-state index contributed by atoms with van der Waals surface area (Å²) in [6.07, 6.45) is 5.45. The van der Waals surface area contributed by atoms with Crippen molar-refractivity contribution in [1.29, 1.82) is 0 Å². The molecule has 6 heteroatoms. The highest BCUT2D eigenvalue weighted by molar-refractivity contribution is 4.95. The maximum atomic E-state index is 12.2. The number of rotatable bonds is 3. The molecule has 1 N–H and O–H groups in total. The molecule has 1 unspecified atom stereocenters. The number of hydrogen-bond donors (Lipinski definition) is 1. The molecule has 3 nitrogen and oxygen atoms in total. The zero-order valence-electron chi connectivity index (χ0n) is 9.32. The second-order valence-corrected chi connectivity index (χ2v) is 4.28. The van der Waals surface area contributed by atoms with Gasteiger partial charge in [-0.1, -0.05) is 0 Å². The van der Waals surface area contributed by atoms with Crippen molar-refractivity contribution < 1.29 is 13.2 Å². The smallest absolute Gasteiger partial charge is 0.333 e. The number of alkyl halides is 3. The monoisotopic (exact) mass is 246 g/mol. The van der Waals surface area contributed by atoms with E-state index in [0.717, 1.165) is 19.3 Å². The molecule has 0 aliphatic heterocycles. The minimum Gasteiger partial charge on any atom is -0.333 e. The molecule has 1 aliphatic rings. The van der Waals surface area contributed by atoms with Gasteiger partial charge in [-0.25, -0.2) is 4.98 Å². The summed E-state index contributed by atoms with van der Waals surface area (Å²) in [6, 6.07) is -0.107. The molecule has 1 heterocycles. The molecular formula is C11H15F3N3. The standard InChI is InChI=1S/C11H15F3N3/c12-11(13,14)7-16-9-3-1-2-4-10(9)17-6-5-15-8-17/h2,5-6,8-10,16H,1,3-4,7H2/t9-,10?/m1/s1. The highest BCUT2D eigenvalue weighted by Crippen LogP contribution is 2.28. The lowest BCUT2D eigenvalue weighted by Crippen LogP contribution is -2.43. The van der Waals surface area contributed by atoms with Crippen molar-refractivity contribution in [3.8, 4) is 0 Å². The van der Waals surface area contributed by atoms with E-state index in [2.05, 4.69) is 16.7 Å². The van der Waals surface area contributed by atoms with Crippen LogP contribution in [0.3, 0.4) is 0 Å². The van der Waals surface area contributed by atoms with Gasteiger partial charge in [0.1, 0.15) is 0 Å². The fraction of sp³-hybridized carbons (Fsp3) is 0.636. The fourth-order valence-electron chi connectivity index (χ4n) is 2.22. The van der Waals surface area contributed by atoms with Crippen LogP contribution < -0.4 is 5.32 Å². The average Bonchev–Trinajstić information content (AvgIpc) is 2.79. The molecule has 2 rings (SSSR count). The molecule has 1 aromatic heterocycles. The van der Waals surface area contributed by atoms with Crippen LogP contribution in [0, 0.1) is 6.42 Å². The van der Waals surface area contributed by atoms with Gasteiger partial charge >= 0.3 is 6.18 Å². The number of halogens is 3. The number of nitrogens with zero attached hydrogens (tertiary/aromatic N) is 2. The van der Waals surface area contributed by atoms with Gasteiger partial charge in [-0.3, -0.25) is 0 Å². The number of hydrogen-bond acceptors (Lipinski definition) is 2. The third kappa shape index (κ3) is 3.46. The van der Waals surface area contributed by atoms with E-state index in [1.165, 1.54) is 0 Å². The third-order valence-corrected chi connectivity index (χ3v) is 3.03. The van der Waals surface area contributed by atoms with E-state index >= 15 is 0 Å². The second-order valence-electron chi connectivity index (χ2n) is 4.28. The molecule has 0 bridgehead atoms. The SMILES string of the molecule is FC(F)(F)CN[C@@H]1CC[CH]CC1n1ccnc1. The number of aromatic nitrogens is 2. The van der Waals surface area contributed by atoms with Crippen LogP contribution in [0.15, 0.2) is 18.7 Å². The van der Waals surface area contributed by atoms with Crippen molar-refractivity contribution in [2.24, 2.45) is 0 Å². The first-order chi connectivity index (χ1) is 8.06. The molecule has 1 aromatic rings. The van der Waals surface area contributed by atoms with Crippen molar-refractivity contribution in [3.63, 3.8) is 0 Å². The van der Waals surface area contributed by atoms with Crippen LogP contribution in [0.1, 0.15) is 25.3 Å². The fourth-order valence-corrected chi connectivity index (χ4v) is 2.22. The maximum Gasteiger partial charge on any atom is 0.401 e. The first-order valence-electron chi connectivity index (χ1n) is 5.65. The van der Waals surface area contributed by atoms with Crippen LogP contribution in [0.25, 0.3) is 0 Å². The zero-order valence-corrected chi connectivity index (χ0v) is 9.32. The first-order valence-corrected chi connectivity index (χ1v) is 5.65. The Labute approximate surface area is 98.0 Å². The Morgan fingerprint density at radius 1 is 1.41 bits per heavy atom. The van der Waals surface area contributed by atoms with Crippen molar-refractivity contribution >= 4 is 0 Å². The molecule has 0 aromatic carbocycles. The Morgan fingerprint density at radius 3 is 2.88 bits per heavy atom. The van der Waals surface area contributed by atoms with E-state index in [-0.39, 0.29) is 12.1 Å². The number of nitrogens with one attached hydrogen (secondary N) is 1. The largest absolute Gasteiger partial charge is 0.401 e. The predicted octanol–water partition coefficient (Wildman–Crippen LogP) is 2.33. The highest BCUT2D eigenvalue weighted by atomic mass is 19.4. The van der Waals surface area contributed by atoms with Crippen LogP contribution >= 0.6 is 0 Å². The summed E-state index contributed by atoms with van der Waals surface area (Å²) in [6.45, 7) is -0.928. The predicted molar refractivity (Wildman–Crippen MR) is 57.3 cm³/mol. The van der Waals surface area contributed by atoms with Crippen LogP contribution in [-0.2, 0) is 0 Å². The van der Waals surface area contributed by atoms with Gasteiger partial charge in [0.15, 0.2) is 0 Å². The van der Waals surface area contributed by atoms with Crippen LogP contribution in [0.5, 0.6) is 0 Å². The Morgan fingerprint density at radius 2 is 2.24 bits per heavy atom. The molecular weight excluding hydrogens is 231 g/mol. The van der Waals surface area contributed by atoms with E-state index in [1.807, 2.05) is 4.57 Å². The van der Waals surface area contributed by atoms with Crippen molar-refractivity contribution in [3.05, 3.63) is 25.1 Å². The molecule has 1 aliphatic carbocycles. The molecule has 17 heavy (non-hydrogen) atoms. The summed E-state index contributed by atoms with van der Waals surface area (Å²) in [5.74, 6) is 0. The van der Waals surface area contributed by atoms with E-state index < -0.39 is 12.7 Å². The Kier molecular flexibility index (Phi) is 3.71. The van der Waals surface area contributed by atoms with E-state index in [0.29, 0.717) is 0 Å². The Balaban J connectivity index is 1.98. The molecule has 1 saturated carbocycles. The average molecular weight is 246 g/mol. The quantitative estimate of drug-likeness (QED) is 0.887. The van der Waals surface area contributed by atoms with Gasteiger partial charge in [0.25, 0.3) is 0 Å². The Bertz CT molecular complexity index is 334. The van der Waals surface area contributed by atoms with E-state index in [9.17, 15) is 13.2 Å². The molecule has 2 atom stereocenters. The molecule has 95 valence electrons. The maximum absolute atomic E-state index is 12.2. The van der Waals surface area contributed by atoms with Crippen LogP contribution in [0.2, 0.25) is 0 Å². The van der Waals surface area contributed by atoms with E-state index in [1.54, 1.807) is 18.7 Å². The summed E-state index contributed by atoms with van der Waals surface area (Å²) >= 11 is 0. The molecule has 1 fully saturated rings.